The zero-order chi connectivity index (χ0) is 17.4. The standard InChI is InChI=1S/C19H28N4O/c1-5-14-10-8-9-11-15(14)12-21-19(20-4)22-13-16-17(6-2)23-24-18(16)7-3/h8-11H,5-7,12-13H2,1-4H3,(H2,20,21,22). The number of aliphatic imine (C=N–C) groups is 1. The normalized spacial score (nSPS) is 11.6. The fourth-order valence-corrected chi connectivity index (χ4v) is 2.78. The van der Waals surface area contributed by atoms with Crippen LogP contribution in [0.5, 0.6) is 0 Å². The number of aryl methyl sites for hydroxylation is 3. The average Bonchev–Trinajstić information content (AvgIpc) is 3.04. The van der Waals surface area contributed by atoms with Crippen LogP contribution in [0.3, 0.4) is 0 Å². The van der Waals surface area contributed by atoms with Gasteiger partial charge in [0, 0.05) is 32.1 Å². The summed E-state index contributed by atoms with van der Waals surface area (Å²) in [5.41, 5.74) is 4.83. The summed E-state index contributed by atoms with van der Waals surface area (Å²) >= 11 is 0. The molecule has 2 aromatic rings. The summed E-state index contributed by atoms with van der Waals surface area (Å²) in [4.78, 5) is 4.31. The van der Waals surface area contributed by atoms with Crippen molar-refractivity contribution in [2.45, 2.75) is 53.1 Å². The van der Waals surface area contributed by atoms with Crippen LogP contribution in [0.2, 0.25) is 0 Å². The minimum absolute atomic E-state index is 0.672. The number of nitrogens with zero attached hydrogens (tertiary/aromatic N) is 2. The molecule has 1 aromatic heterocycles. The van der Waals surface area contributed by atoms with Gasteiger partial charge in [0.25, 0.3) is 0 Å². The van der Waals surface area contributed by atoms with Gasteiger partial charge in [-0.2, -0.15) is 0 Å². The van der Waals surface area contributed by atoms with Crippen molar-refractivity contribution >= 4 is 5.96 Å². The SMILES string of the molecule is CCc1ccccc1CNC(=NC)NCc1c(CC)noc1CC. The van der Waals surface area contributed by atoms with Crippen LogP contribution < -0.4 is 10.6 Å². The number of hydrogen-bond donors (Lipinski definition) is 2. The molecule has 0 amide bonds. The third kappa shape index (κ3) is 4.37. The van der Waals surface area contributed by atoms with E-state index in [0.717, 1.165) is 48.8 Å². The molecule has 1 aromatic carbocycles. The van der Waals surface area contributed by atoms with E-state index in [1.807, 2.05) is 0 Å². The molecule has 2 N–H and O–H groups in total. The van der Waals surface area contributed by atoms with Crippen molar-refractivity contribution in [1.29, 1.82) is 0 Å². The largest absolute Gasteiger partial charge is 0.361 e. The third-order valence-corrected chi connectivity index (χ3v) is 4.21. The van der Waals surface area contributed by atoms with Crippen molar-refractivity contribution in [3.8, 4) is 0 Å². The fourth-order valence-electron chi connectivity index (χ4n) is 2.78. The Morgan fingerprint density at radius 3 is 2.33 bits per heavy atom. The second-order valence-corrected chi connectivity index (χ2v) is 5.64. The van der Waals surface area contributed by atoms with E-state index in [0.29, 0.717) is 6.54 Å². The fraction of sp³-hybridized carbons (Fsp3) is 0.474. The number of hydrogen-bond acceptors (Lipinski definition) is 3. The highest BCUT2D eigenvalue weighted by Gasteiger charge is 2.13. The zero-order valence-corrected chi connectivity index (χ0v) is 15.1. The Morgan fingerprint density at radius 1 is 1.00 bits per heavy atom. The van der Waals surface area contributed by atoms with E-state index < -0.39 is 0 Å². The van der Waals surface area contributed by atoms with Crippen LogP contribution in [-0.4, -0.2) is 18.2 Å². The molecule has 0 bridgehead atoms. The van der Waals surface area contributed by atoms with Crippen LogP contribution in [-0.2, 0) is 32.4 Å². The molecule has 0 radical (unpaired) electrons. The van der Waals surface area contributed by atoms with E-state index in [4.69, 9.17) is 4.52 Å². The molecule has 130 valence electrons. The van der Waals surface area contributed by atoms with Crippen molar-refractivity contribution < 1.29 is 4.52 Å². The van der Waals surface area contributed by atoms with Crippen LogP contribution in [0.4, 0.5) is 0 Å². The van der Waals surface area contributed by atoms with Gasteiger partial charge in [-0.05, 0) is 24.0 Å². The monoisotopic (exact) mass is 328 g/mol. The molecule has 5 nitrogen and oxygen atoms in total. The van der Waals surface area contributed by atoms with Gasteiger partial charge in [-0.3, -0.25) is 4.99 Å². The van der Waals surface area contributed by atoms with Crippen LogP contribution in [0.15, 0.2) is 33.8 Å². The number of benzene rings is 1. The predicted molar refractivity (Wildman–Crippen MR) is 98.1 cm³/mol. The first-order valence-electron chi connectivity index (χ1n) is 8.70. The molecule has 0 aliphatic carbocycles. The van der Waals surface area contributed by atoms with Crippen molar-refractivity contribution in [2.75, 3.05) is 7.05 Å². The highest BCUT2D eigenvalue weighted by atomic mass is 16.5. The lowest BCUT2D eigenvalue weighted by atomic mass is 10.1. The third-order valence-electron chi connectivity index (χ3n) is 4.21. The summed E-state index contributed by atoms with van der Waals surface area (Å²) in [5.74, 6) is 1.73. The van der Waals surface area contributed by atoms with E-state index in [-0.39, 0.29) is 0 Å². The Morgan fingerprint density at radius 2 is 1.71 bits per heavy atom. The Bertz CT molecular complexity index is 654. The zero-order valence-electron chi connectivity index (χ0n) is 15.1. The van der Waals surface area contributed by atoms with Gasteiger partial charge in [0.15, 0.2) is 5.96 Å². The lowest BCUT2D eigenvalue weighted by molar-refractivity contribution is 0.380. The molecule has 0 atom stereocenters. The average molecular weight is 328 g/mol. The molecule has 1 heterocycles. The maximum Gasteiger partial charge on any atom is 0.191 e. The molecule has 0 aliphatic heterocycles. The lowest BCUT2D eigenvalue weighted by Gasteiger charge is -2.14. The van der Waals surface area contributed by atoms with Gasteiger partial charge < -0.3 is 15.2 Å². The maximum absolute atomic E-state index is 5.41. The summed E-state index contributed by atoms with van der Waals surface area (Å²) in [7, 11) is 1.79. The van der Waals surface area contributed by atoms with Crippen molar-refractivity contribution in [3.63, 3.8) is 0 Å². The first-order valence-corrected chi connectivity index (χ1v) is 8.70. The molecule has 0 saturated carbocycles. The van der Waals surface area contributed by atoms with Crippen LogP contribution in [0, 0.1) is 0 Å². The molecule has 5 heteroatoms. The molecular formula is C19H28N4O. The van der Waals surface area contributed by atoms with Gasteiger partial charge in [0.1, 0.15) is 5.76 Å². The second-order valence-electron chi connectivity index (χ2n) is 5.64. The highest BCUT2D eigenvalue weighted by molar-refractivity contribution is 5.79. The van der Waals surface area contributed by atoms with Crippen LogP contribution in [0.1, 0.15) is 48.9 Å². The number of guanidine groups is 1. The van der Waals surface area contributed by atoms with Crippen LogP contribution in [0.25, 0.3) is 0 Å². The minimum atomic E-state index is 0.672. The Hall–Kier alpha value is -2.30. The Balaban J connectivity index is 1.97. The second kappa shape index (κ2) is 9.11. The topological polar surface area (TPSA) is 62.5 Å². The van der Waals surface area contributed by atoms with Crippen molar-refractivity contribution in [1.82, 2.24) is 15.8 Å². The van der Waals surface area contributed by atoms with Crippen LogP contribution >= 0.6 is 0 Å². The first-order chi connectivity index (χ1) is 11.7. The lowest BCUT2D eigenvalue weighted by Crippen LogP contribution is -2.36. The van der Waals surface area contributed by atoms with Gasteiger partial charge in [0.05, 0.1) is 5.69 Å². The number of aromatic nitrogens is 1. The first kappa shape index (κ1) is 18.0. The summed E-state index contributed by atoms with van der Waals surface area (Å²) in [6, 6.07) is 8.49. The maximum atomic E-state index is 5.41. The molecular weight excluding hydrogens is 300 g/mol. The molecule has 0 saturated heterocycles. The molecule has 0 spiro atoms. The van der Waals surface area contributed by atoms with Gasteiger partial charge >= 0.3 is 0 Å². The van der Waals surface area contributed by atoms with Crippen molar-refractivity contribution in [2.24, 2.45) is 4.99 Å². The Labute approximate surface area is 144 Å². The van der Waals surface area contributed by atoms with E-state index in [9.17, 15) is 0 Å². The van der Waals surface area contributed by atoms with Crippen molar-refractivity contribution in [3.05, 3.63) is 52.4 Å². The highest BCUT2D eigenvalue weighted by Crippen LogP contribution is 2.15. The molecule has 2 rings (SSSR count). The molecule has 24 heavy (non-hydrogen) atoms. The van der Waals surface area contributed by atoms with E-state index in [1.54, 1.807) is 7.05 Å². The summed E-state index contributed by atoms with van der Waals surface area (Å²) in [6.45, 7) is 7.78. The molecule has 0 unspecified atom stereocenters. The minimum Gasteiger partial charge on any atom is -0.361 e. The number of rotatable bonds is 7. The predicted octanol–water partition coefficient (Wildman–Crippen LogP) is 3.23. The van der Waals surface area contributed by atoms with E-state index in [2.05, 4.69) is 65.8 Å². The summed E-state index contributed by atoms with van der Waals surface area (Å²) in [6.07, 6.45) is 2.75. The van der Waals surface area contributed by atoms with Gasteiger partial charge in [-0.25, -0.2) is 0 Å². The van der Waals surface area contributed by atoms with Gasteiger partial charge in [-0.15, -0.1) is 0 Å². The van der Waals surface area contributed by atoms with E-state index >= 15 is 0 Å². The summed E-state index contributed by atoms with van der Waals surface area (Å²) in [5, 5.41) is 10.9. The molecule has 0 aliphatic rings. The Kier molecular flexibility index (Phi) is 6.85. The van der Waals surface area contributed by atoms with Gasteiger partial charge in [-0.1, -0.05) is 50.2 Å². The number of nitrogens with one attached hydrogen (secondary N) is 2. The quantitative estimate of drug-likeness (QED) is 0.605. The smallest absolute Gasteiger partial charge is 0.191 e. The van der Waals surface area contributed by atoms with E-state index in [1.165, 1.54) is 11.1 Å². The summed E-state index contributed by atoms with van der Waals surface area (Å²) < 4.78 is 5.41. The molecule has 0 fully saturated rings. The van der Waals surface area contributed by atoms with Gasteiger partial charge in [0.2, 0.25) is 0 Å².